The number of hydrogen-bond acceptors (Lipinski definition) is 4. The molecular formula is C13H15Cl3N2O4. The molecule has 2 N–H and O–H groups in total. The fraction of sp³-hybridized carbons (Fsp3) is 0.385. The van der Waals surface area contributed by atoms with Crippen LogP contribution in [0.5, 0.6) is 0 Å². The van der Waals surface area contributed by atoms with Crippen molar-refractivity contribution in [1.82, 2.24) is 5.32 Å². The molecule has 0 aliphatic carbocycles. The summed E-state index contributed by atoms with van der Waals surface area (Å²) < 4.78 is 7.69. The first-order chi connectivity index (χ1) is 10.2. The number of benzene rings is 1. The zero-order chi connectivity index (χ0) is 16.8. The molecule has 0 aliphatic heterocycles. The number of nitrogens with one attached hydrogen (secondary N) is 2. The summed E-state index contributed by atoms with van der Waals surface area (Å²) in [5, 5.41) is 4.59. The van der Waals surface area contributed by atoms with Gasteiger partial charge in [0, 0.05) is 5.69 Å². The minimum atomic E-state index is -2.07. The standard InChI is InChI=1S/C13H15Cl3N2O4/c1-8(2)21-12(20)18-10(13(14,15)16)22-11(19)17-9-6-4-3-5-7-9/h3-8,10H,1-2H3,(H,17,19)(H,18,20)/t10-/m0/s1. The fourth-order valence-corrected chi connectivity index (χ4v) is 1.61. The average Bonchev–Trinajstić information content (AvgIpc) is 2.37. The predicted molar refractivity (Wildman–Crippen MR) is 85.4 cm³/mol. The van der Waals surface area contributed by atoms with E-state index in [1.807, 2.05) is 0 Å². The van der Waals surface area contributed by atoms with E-state index in [0.29, 0.717) is 5.69 Å². The Morgan fingerprint density at radius 3 is 2.14 bits per heavy atom. The molecule has 0 spiro atoms. The Bertz CT molecular complexity index is 506. The molecule has 1 aromatic rings. The molecule has 0 aliphatic rings. The number of halogens is 3. The van der Waals surface area contributed by atoms with Gasteiger partial charge >= 0.3 is 12.2 Å². The Morgan fingerprint density at radius 2 is 1.64 bits per heavy atom. The van der Waals surface area contributed by atoms with Crippen molar-refractivity contribution in [2.45, 2.75) is 30.0 Å². The third kappa shape index (κ3) is 7.06. The van der Waals surface area contributed by atoms with Crippen LogP contribution in [0.3, 0.4) is 0 Å². The monoisotopic (exact) mass is 368 g/mol. The van der Waals surface area contributed by atoms with E-state index in [-0.39, 0.29) is 6.10 Å². The number of para-hydroxylation sites is 1. The first-order valence-electron chi connectivity index (χ1n) is 6.25. The number of amides is 2. The van der Waals surface area contributed by atoms with Crippen LogP contribution in [0.2, 0.25) is 0 Å². The number of alkyl halides is 3. The van der Waals surface area contributed by atoms with E-state index in [4.69, 9.17) is 44.3 Å². The van der Waals surface area contributed by atoms with Crippen molar-refractivity contribution in [2.75, 3.05) is 5.32 Å². The van der Waals surface area contributed by atoms with E-state index in [1.165, 1.54) is 0 Å². The smallest absolute Gasteiger partial charge is 0.413 e. The van der Waals surface area contributed by atoms with Gasteiger partial charge in [-0.25, -0.2) is 9.59 Å². The molecule has 0 saturated heterocycles. The number of hydrogen-bond donors (Lipinski definition) is 2. The number of rotatable bonds is 4. The van der Waals surface area contributed by atoms with Crippen LogP contribution < -0.4 is 10.6 Å². The molecule has 122 valence electrons. The molecule has 0 aromatic heterocycles. The van der Waals surface area contributed by atoms with Gasteiger partial charge in [-0.05, 0) is 26.0 Å². The molecule has 0 fully saturated rings. The molecule has 1 aromatic carbocycles. The summed E-state index contributed by atoms with van der Waals surface area (Å²) in [7, 11) is 0. The summed E-state index contributed by atoms with van der Waals surface area (Å²) in [4.78, 5) is 23.3. The number of anilines is 1. The number of ether oxygens (including phenoxy) is 2. The highest BCUT2D eigenvalue weighted by Crippen LogP contribution is 2.31. The zero-order valence-corrected chi connectivity index (χ0v) is 14.1. The summed E-state index contributed by atoms with van der Waals surface area (Å²) in [6.45, 7) is 3.29. The molecule has 0 saturated carbocycles. The van der Waals surface area contributed by atoms with E-state index >= 15 is 0 Å². The lowest BCUT2D eigenvalue weighted by molar-refractivity contribution is 0.0677. The largest absolute Gasteiger partial charge is 0.447 e. The Morgan fingerprint density at radius 1 is 1.05 bits per heavy atom. The minimum absolute atomic E-state index is 0.380. The molecule has 0 heterocycles. The van der Waals surface area contributed by atoms with Crippen LogP contribution >= 0.6 is 34.8 Å². The molecule has 0 radical (unpaired) electrons. The van der Waals surface area contributed by atoms with Crippen LogP contribution in [0.1, 0.15) is 13.8 Å². The summed E-state index contributed by atoms with van der Waals surface area (Å²) in [5.74, 6) is 0. The van der Waals surface area contributed by atoms with E-state index < -0.39 is 22.2 Å². The van der Waals surface area contributed by atoms with Crippen molar-refractivity contribution in [3.63, 3.8) is 0 Å². The van der Waals surface area contributed by atoms with Crippen LogP contribution in [0.15, 0.2) is 30.3 Å². The zero-order valence-electron chi connectivity index (χ0n) is 11.8. The van der Waals surface area contributed by atoms with Gasteiger partial charge in [-0.2, -0.15) is 0 Å². The van der Waals surface area contributed by atoms with Gasteiger partial charge in [0.05, 0.1) is 6.10 Å². The van der Waals surface area contributed by atoms with E-state index in [0.717, 1.165) is 0 Å². The van der Waals surface area contributed by atoms with Gasteiger partial charge in [-0.1, -0.05) is 53.0 Å². The third-order valence-electron chi connectivity index (χ3n) is 2.13. The molecule has 0 bridgehead atoms. The van der Waals surface area contributed by atoms with Gasteiger partial charge < -0.3 is 9.47 Å². The second-order valence-corrected chi connectivity index (χ2v) is 6.79. The van der Waals surface area contributed by atoms with Gasteiger partial charge in [0.15, 0.2) is 0 Å². The molecule has 1 rings (SSSR count). The summed E-state index contributed by atoms with van der Waals surface area (Å²) in [6, 6.07) is 8.52. The van der Waals surface area contributed by atoms with Crippen molar-refractivity contribution in [3.8, 4) is 0 Å². The predicted octanol–water partition coefficient (Wildman–Crippen LogP) is 4.07. The van der Waals surface area contributed by atoms with Crippen molar-refractivity contribution in [1.29, 1.82) is 0 Å². The highest BCUT2D eigenvalue weighted by Gasteiger charge is 2.38. The summed E-state index contributed by atoms with van der Waals surface area (Å²) >= 11 is 17.0. The first kappa shape index (κ1) is 18.7. The van der Waals surface area contributed by atoms with Gasteiger partial charge in [-0.15, -0.1) is 0 Å². The van der Waals surface area contributed by atoms with Gasteiger partial charge in [0.1, 0.15) is 0 Å². The second-order valence-electron chi connectivity index (χ2n) is 4.42. The topological polar surface area (TPSA) is 76.7 Å². The normalized spacial score (nSPS) is 12.5. The molecule has 22 heavy (non-hydrogen) atoms. The highest BCUT2D eigenvalue weighted by molar-refractivity contribution is 6.68. The van der Waals surface area contributed by atoms with Crippen LogP contribution in [-0.2, 0) is 9.47 Å². The lowest BCUT2D eigenvalue weighted by atomic mass is 10.3. The van der Waals surface area contributed by atoms with E-state index in [9.17, 15) is 9.59 Å². The average molecular weight is 370 g/mol. The van der Waals surface area contributed by atoms with E-state index in [2.05, 4.69) is 10.6 Å². The first-order valence-corrected chi connectivity index (χ1v) is 7.38. The van der Waals surface area contributed by atoms with Gasteiger partial charge in [0.2, 0.25) is 10.0 Å². The van der Waals surface area contributed by atoms with E-state index in [1.54, 1.807) is 44.2 Å². The van der Waals surface area contributed by atoms with Crippen molar-refractivity contribution in [2.24, 2.45) is 0 Å². The van der Waals surface area contributed by atoms with Gasteiger partial charge in [-0.3, -0.25) is 10.6 Å². The van der Waals surface area contributed by atoms with Crippen LogP contribution in [0, 0.1) is 0 Å². The molecule has 0 unspecified atom stereocenters. The van der Waals surface area contributed by atoms with Crippen LogP contribution in [0.4, 0.5) is 15.3 Å². The SMILES string of the molecule is CC(C)OC(=O)N[C@@H](OC(=O)Nc1ccccc1)C(Cl)(Cl)Cl. The Hall–Kier alpha value is -1.37. The second kappa shape index (κ2) is 8.31. The maximum absolute atomic E-state index is 11.8. The van der Waals surface area contributed by atoms with Crippen LogP contribution in [-0.4, -0.2) is 28.3 Å². The van der Waals surface area contributed by atoms with Gasteiger partial charge in [0.25, 0.3) is 0 Å². The lowest BCUT2D eigenvalue weighted by Gasteiger charge is -2.25. The molecule has 9 heteroatoms. The quantitative estimate of drug-likeness (QED) is 0.619. The lowest BCUT2D eigenvalue weighted by Crippen LogP contribution is -2.48. The number of carbonyl (C=O) groups excluding carboxylic acids is 2. The highest BCUT2D eigenvalue weighted by atomic mass is 35.6. The van der Waals surface area contributed by atoms with Crippen LogP contribution in [0.25, 0.3) is 0 Å². The number of alkyl carbamates (subject to hydrolysis) is 1. The Labute approximate surface area is 143 Å². The van der Waals surface area contributed by atoms with Crippen molar-refractivity contribution in [3.05, 3.63) is 30.3 Å². The third-order valence-corrected chi connectivity index (χ3v) is 2.73. The molecule has 1 atom stereocenters. The fourth-order valence-electron chi connectivity index (χ4n) is 1.31. The summed E-state index contributed by atoms with van der Waals surface area (Å²) in [6.07, 6.45) is -3.67. The molecule has 2 amide bonds. The molecular weight excluding hydrogens is 355 g/mol. The Balaban J connectivity index is 2.65. The number of carbonyl (C=O) groups is 2. The maximum atomic E-state index is 11.8. The summed E-state index contributed by atoms with van der Waals surface area (Å²) in [5.41, 5.74) is 0.486. The Kier molecular flexibility index (Phi) is 7.06. The van der Waals surface area contributed by atoms with Crippen molar-refractivity contribution < 1.29 is 19.1 Å². The minimum Gasteiger partial charge on any atom is -0.447 e. The maximum Gasteiger partial charge on any atom is 0.413 e. The molecule has 6 nitrogen and oxygen atoms in total. The van der Waals surface area contributed by atoms with Crippen molar-refractivity contribution >= 4 is 52.7 Å².